The Balaban J connectivity index is 2.42. The average molecular weight is 220 g/mol. The number of hydrogen-bond acceptors (Lipinski definition) is 1. The van der Waals surface area contributed by atoms with Gasteiger partial charge in [-0.05, 0) is 18.4 Å². The van der Waals surface area contributed by atoms with Gasteiger partial charge in [-0.25, -0.2) is 0 Å². The van der Waals surface area contributed by atoms with Gasteiger partial charge in [0.1, 0.15) is 6.29 Å². The molecule has 1 saturated carbocycles. The van der Waals surface area contributed by atoms with Gasteiger partial charge in [0.25, 0.3) is 0 Å². The standard InChI is InChI=1S/C14H17FO/c15-11-14(8-4-1-5-9-14)13-7-3-2-6-12(13)10-16/h2-3,6-7,10H,1,4-5,8-9,11H2. The SMILES string of the molecule is O=Cc1ccccc1C1(CF)CCCCC1. The van der Waals surface area contributed by atoms with Crippen molar-refractivity contribution in [2.24, 2.45) is 0 Å². The van der Waals surface area contributed by atoms with Crippen LogP contribution >= 0.6 is 0 Å². The first-order valence-corrected chi connectivity index (χ1v) is 5.93. The van der Waals surface area contributed by atoms with Crippen molar-refractivity contribution in [3.05, 3.63) is 35.4 Å². The number of carbonyl (C=O) groups is 1. The van der Waals surface area contributed by atoms with E-state index in [0.717, 1.165) is 37.5 Å². The smallest absolute Gasteiger partial charge is 0.150 e. The highest BCUT2D eigenvalue weighted by molar-refractivity contribution is 5.78. The summed E-state index contributed by atoms with van der Waals surface area (Å²) in [5, 5.41) is 0. The molecule has 0 atom stereocenters. The largest absolute Gasteiger partial charge is 0.298 e. The summed E-state index contributed by atoms with van der Waals surface area (Å²) in [7, 11) is 0. The molecule has 1 aliphatic rings. The second-order valence-electron chi connectivity index (χ2n) is 4.68. The fourth-order valence-corrected chi connectivity index (χ4v) is 2.79. The van der Waals surface area contributed by atoms with E-state index in [2.05, 4.69) is 0 Å². The molecule has 1 aliphatic carbocycles. The second kappa shape index (κ2) is 4.77. The molecule has 2 rings (SSSR count). The molecule has 16 heavy (non-hydrogen) atoms. The van der Waals surface area contributed by atoms with Gasteiger partial charge in [0, 0.05) is 11.0 Å². The Bertz CT molecular complexity index is 367. The summed E-state index contributed by atoms with van der Waals surface area (Å²) in [4.78, 5) is 11.0. The minimum atomic E-state index is -0.393. The van der Waals surface area contributed by atoms with Crippen LogP contribution in [0.2, 0.25) is 0 Å². The van der Waals surface area contributed by atoms with E-state index in [0.29, 0.717) is 5.56 Å². The topological polar surface area (TPSA) is 17.1 Å². The highest BCUT2D eigenvalue weighted by Gasteiger charge is 2.35. The number of aldehydes is 1. The van der Waals surface area contributed by atoms with Crippen molar-refractivity contribution in [2.75, 3.05) is 6.67 Å². The van der Waals surface area contributed by atoms with Crippen molar-refractivity contribution >= 4 is 6.29 Å². The first kappa shape index (κ1) is 11.3. The minimum Gasteiger partial charge on any atom is -0.298 e. The Morgan fingerprint density at radius 2 is 1.88 bits per heavy atom. The lowest BCUT2D eigenvalue weighted by molar-refractivity contribution is 0.111. The molecule has 2 heteroatoms. The zero-order valence-corrected chi connectivity index (χ0v) is 9.42. The Kier molecular flexibility index (Phi) is 3.37. The predicted octanol–water partition coefficient (Wildman–Crippen LogP) is 3.67. The molecule has 0 spiro atoms. The van der Waals surface area contributed by atoms with Crippen LogP contribution in [-0.4, -0.2) is 13.0 Å². The van der Waals surface area contributed by atoms with Crippen LogP contribution in [0.4, 0.5) is 4.39 Å². The van der Waals surface area contributed by atoms with Gasteiger partial charge in [-0.15, -0.1) is 0 Å². The van der Waals surface area contributed by atoms with Gasteiger partial charge in [0.05, 0.1) is 6.67 Å². The summed E-state index contributed by atoms with van der Waals surface area (Å²) < 4.78 is 13.4. The third-order valence-corrected chi connectivity index (χ3v) is 3.73. The fourth-order valence-electron chi connectivity index (χ4n) is 2.79. The molecule has 0 aromatic heterocycles. The maximum atomic E-state index is 13.4. The summed E-state index contributed by atoms with van der Waals surface area (Å²) in [6.07, 6.45) is 5.91. The van der Waals surface area contributed by atoms with Crippen molar-refractivity contribution in [3.63, 3.8) is 0 Å². The lowest BCUT2D eigenvalue weighted by Crippen LogP contribution is -2.32. The highest BCUT2D eigenvalue weighted by atomic mass is 19.1. The third-order valence-electron chi connectivity index (χ3n) is 3.73. The number of hydrogen-bond donors (Lipinski definition) is 0. The quantitative estimate of drug-likeness (QED) is 0.710. The third kappa shape index (κ3) is 1.89. The van der Waals surface area contributed by atoms with E-state index in [-0.39, 0.29) is 6.67 Å². The fraction of sp³-hybridized carbons (Fsp3) is 0.500. The van der Waals surface area contributed by atoms with E-state index in [4.69, 9.17) is 0 Å². The van der Waals surface area contributed by atoms with E-state index < -0.39 is 5.41 Å². The summed E-state index contributed by atoms with van der Waals surface area (Å²) in [5.41, 5.74) is 1.17. The van der Waals surface area contributed by atoms with Gasteiger partial charge in [0.2, 0.25) is 0 Å². The van der Waals surface area contributed by atoms with Gasteiger partial charge in [-0.1, -0.05) is 43.5 Å². The molecule has 1 aromatic carbocycles. The molecule has 0 N–H and O–H groups in total. The lowest BCUT2D eigenvalue weighted by atomic mass is 9.69. The number of carbonyl (C=O) groups excluding carboxylic acids is 1. The van der Waals surface area contributed by atoms with Crippen molar-refractivity contribution in [2.45, 2.75) is 37.5 Å². The first-order valence-electron chi connectivity index (χ1n) is 5.93. The first-order chi connectivity index (χ1) is 7.82. The molecule has 0 amide bonds. The molecule has 1 nitrogen and oxygen atoms in total. The second-order valence-corrected chi connectivity index (χ2v) is 4.68. The molecule has 0 heterocycles. The van der Waals surface area contributed by atoms with Crippen LogP contribution in [0.1, 0.15) is 48.0 Å². The van der Waals surface area contributed by atoms with Crippen molar-refractivity contribution in [1.82, 2.24) is 0 Å². The van der Waals surface area contributed by atoms with Gasteiger partial charge < -0.3 is 0 Å². The maximum Gasteiger partial charge on any atom is 0.150 e. The summed E-state index contributed by atoms with van der Waals surface area (Å²) >= 11 is 0. The van der Waals surface area contributed by atoms with E-state index in [9.17, 15) is 9.18 Å². The maximum absolute atomic E-state index is 13.4. The van der Waals surface area contributed by atoms with Crippen LogP contribution in [0, 0.1) is 0 Å². The minimum absolute atomic E-state index is 0.349. The molecular formula is C14H17FO. The summed E-state index contributed by atoms with van der Waals surface area (Å²) in [5.74, 6) is 0. The van der Waals surface area contributed by atoms with Crippen LogP contribution in [0.5, 0.6) is 0 Å². The number of rotatable bonds is 3. The molecule has 1 fully saturated rings. The molecule has 0 unspecified atom stereocenters. The molecule has 1 aromatic rings. The van der Waals surface area contributed by atoms with Crippen molar-refractivity contribution in [3.8, 4) is 0 Å². The Labute approximate surface area is 95.7 Å². The molecule has 86 valence electrons. The van der Waals surface area contributed by atoms with E-state index in [1.54, 1.807) is 6.07 Å². The molecule has 0 radical (unpaired) electrons. The van der Waals surface area contributed by atoms with Crippen molar-refractivity contribution in [1.29, 1.82) is 0 Å². The van der Waals surface area contributed by atoms with Crippen LogP contribution in [-0.2, 0) is 5.41 Å². The zero-order chi connectivity index (χ0) is 11.4. The predicted molar refractivity (Wildman–Crippen MR) is 62.6 cm³/mol. The van der Waals surface area contributed by atoms with Crippen LogP contribution < -0.4 is 0 Å². The summed E-state index contributed by atoms with van der Waals surface area (Å²) in [6, 6.07) is 7.43. The van der Waals surface area contributed by atoms with Gasteiger partial charge in [-0.3, -0.25) is 9.18 Å². The number of halogens is 1. The number of benzene rings is 1. The van der Waals surface area contributed by atoms with E-state index >= 15 is 0 Å². The Morgan fingerprint density at radius 1 is 1.19 bits per heavy atom. The van der Waals surface area contributed by atoms with Gasteiger partial charge in [-0.2, -0.15) is 0 Å². The van der Waals surface area contributed by atoms with Crippen LogP contribution in [0.3, 0.4) is 0 Å². The molecule has 0 saturated heterocycles. The Hall–Kier alpha value is -1.18. The highest BCUT2D eigenvalue weighted by Crippen LogP contribution is 2.40. The molecule has 0 bridgehead atoms. The normalized spacial score (nSPS) is 19.3. The number of alkyl halides is 1. The average Bonchev–Trinajstić information content (AvgIpc) is 2.39. The lowest BCUT2D eigenvalue weighted by Gasteiger charge is -2.36. The van der Waals surface area contributed by atoms with E-state index in [1.807, 2.05) is 18.2 Å². The van der Waals surface area contributed by atoms with Crippen molar-refractivity contribution < 1.29 is 9.18 Å². The van der Waals surface area contributed by atoms with E-state index in [1.165, 1.54) is 6.42 Å². The van der Waals surface area contributed by atoms with Gasteiger partial charge >= 0.3 is 0 Å². The van der Waals surface area contributed by atoms with Crippen LogP contribution in [0.15, 0.2) is 24.3 Å². The summed E-state index contributed by atoms with van der Waals surface area (Å²) in [6.45, 7) is -0.349. The Morgan fingerprint density at radius 3 is 2.50 bits per heavy atom. The van der Waals surface area contributed by atoms with Crippen LogP contribution in [0.25, 0.3) is 0 Å². The molecule has 0 aliphatic heterocycles. The monoisotopic (exact) mass is 220 g/mol. The molecular weight excluding hydrogens is 203 g/mol. The zero-order valence-electron chi connectivity index (χ0n) is 9.42. The van der Waals surface area contributed by atoms with Gasteiger partial charge in [0.15, 0.2) is 0 Å².